The van der Waals surface area contributed by atoms with Gasteiger partial charge in [0, 0.05) is 0 Å². The highest BCUT2D eigenvalue weighted by Gasteiger charge is 2.22. The molecule has 3 nitrogen and oxygen atoms in total. The van der Waals surface area contributed by atoms with Crippen molar-refractivity contribution in [2.24, 2.45) is 0 Å². The molecule has 4 heteroatoms. The van der Waals surface area contributed by atoms with E-state index in [0.29, 0.717) is 12.4 Å². The van der Waals surface area contributed by atoms with Crippen LogP contribution in [0.5, 0.6) is 17.2 Å². The molecule has 0 spiro atoms. The van der Waals surface area contributed by atoms with Crippen LogP contribution >= 0.6 is 11.8 Å². The average molecular weight is 274 g/mol. The normalized spacial score (nSPS) is 17.4. The third-order valence-corrected chi connectivity index (χ3v) is 4.37. The zero-order chi connectivity index (χ0) is 13.2. The highest BCUT2D eigenvalue weighted by Crippen LogP contribution is 2.45. The van der Waals surface area contributed by atoms with Crippen LogP contribution < -0.4 is 9.47 Å². The van der Waals surface area contributed by atoms with Crippen molar-refractivity contribution >= 4 is 11.8 Å². The van der Waals surface area contributed by atoms with Crippen LogP contribution in [0.4, 0.5) is 0 Å². The van der Waals surface area contributed by atoms with Crippen molar-refractivity contribution in [3.05, 3.63) is 48.0 Å². The van der Waals surface area contributed by atoms with E-state index < -0.39 is 0 Å². The fourth-order valence-electron chi connectivity index (χ4n) is 2.09. The van der Waals surface area contributed by atoms with Crippen LogP contribution in [0, 0.1) is 0 Å². The number of ether oxygens (including phenoxy) is 2. The van der Waals surface area contributed by atoms with Crippen molar-refractivity contribution in [1.29, 1.82) is 0 Å². The second kappa shape index (κ2) is 5.05. The molecule has 0 amide bonds. The molecule has 0 fully saturated rings. The van der Waals surface area contributed by atoms with Crippen molar-refractivity contribution in [3.8, 4) is 17.2 Å². The van der Waals surface area contributed by atoms with Crippen molar-refractivity contribution in [2.75, 3.05) is 13.7 Å². The topological polar surface area (TPSA) is 38.7 Å². The zero-order valence-corrected chi connectivity index (χ0v) is 11.3. The minimum absolute atomic E-state index is 0.166. The lowest BCUT2D eigenvalue weighted by atomic mass is 10.1. The highest BCUT2D eigenvalue weighted by molar-refractivity contribution is 7.99. The number of thioether (sulfide) groups is 1. The Bertz CT molecular complexity index is 598. The van der Waals surface area contributed by atoms with Crippen LogP contribution in [0.15, 0.2) is 47.4 Å². The van der Waals surface area contributed by atoms with Crippen molar-refractivity contribution in [2.45, 2.75) is 10.1 Å². The summed E-state index contributed by atoms with van der Waals surface area (Å²) in [6, 6.07) is 13.5. The van der Waals surface area contributed by atoms with Crippen LogP contribution in [0.1, 0.15) is 10.8 Å². The van der Waals surface area contributed by atoms with Gasteiger partial charge in [-0.15, -0.1) is 11.8 Å². The van der Waals surface area contributed by atoms with E-state index in [-0.39, 0.29) is 11.0 Å². The van der Waals surface area contributed by atoms with Crippen molar-refractivity contribution < 1.29 is 14.6 Å². The number of aromatic hydroxyl groups is 1. The number of hydrogen-bond donors (Lipinski definition) is 1. The number of methoxy groups -OCH3 is 1. The first-order valence-electron chi connectivity index (χ1n) is 6.03. The maximum absolute atomic E-state index is 9.84. The molecular formula is C15H14O3S. The molecule has 0 saturated carbocycles. The summed E-state index contributed by atoms with van der Waals surface area (Å²) in [5.74, 6) is 1.59. The predicted molar refractivity (Wildman–Crippen MR) is 75.2 cm³/mol. The van der Waals surface area contributed by atoms with E-state index in [0.717, 1.165) is 16.2 Å². The van der Waals surface area contributed by atoms with Crippen LogP contribution in [0.2, 0.25) is 0 Å². The van der Waals surface area contributed by atoms with Gasteiger partial charge in [0.05, 0.1) is 17.3 Å². The van der Waals surface area contributed by atoms with Crippen molar-refractivity contribution in [3.63, 3.8) is 0 Å². The molecule has 0 saturated heterocycles. The first kappa shape index (κ1) is 12.2. The van der Waals surface area contributed by atoms with Crippen LogP contribution in [-0.4, -0.2) is 18.8 Å². The number of rotatable bonds is 2. The summed E-state index contributed by atoms with van der Waals surface area (Å²) >= 11 is 1.76. The Hall–Kier alpha value is -1.81. The molecule has 19 heavy (non-hydrogen) atoms. The first-order valence-corrected chi connectivity index (χ1v) is 6.91. The third-order valence-electron chi connectivity index (χ3n) is 3.08. The molecule has 0 aromatic heterocycles. The molecule has 1 heterocycles. The molecule has 0 aliphatic carbocycles. The Morgan fingerprint density at radius 1 is 1.26 bits per heavy atom. The molecule has 2 aromatic carbocycles. The van der Waals surface area contributed by atoms with Gasteiger partial charge in [-0.05, 0) is 29.8 Å². The predicted octanol–water partition coefficient (Wildman–Crippen LogP) is 3.63. The van der Waals surface area contributed by atoms with Gasteiger partial charge in [-0.1, -0.05) is 18.2 Å². The third kappa shape index (κ3) is 2.36. The second-order valence-corrected chi connectivity index (χ2v) is 5.54. The number of benzene rings is 2. The summed E-state index contributed by atoms with van der Waals surface area (Å²) in [4.78, 5) is 1.13. The smallest absolute Gasteiger partial charge is 0.160 e. The molecule has 1 N–H and O–H groups in total. The van der Waals surface area contributed by atoms with Gasteiger partial charge in [-0.3, -0.25) is 0 Å². The Balaban J connectivity index is 1.87. The van der Waals surface area contributed by atoms with E-state index in [1.54, 1.807) is 31.0 Å². The maximum Gasteiger partial charge on any atom is 0.160 e. The van der Waals surface area contributed by atoms with E-state index in [1.165, 1.54) is 0 Å². The van der Waals surface area contributed by atoms with E-state index in [1.807, 2.05) is 24.3 Å². The van der Waals surface area contributed by atoms with Gasteiger partial charge in [-0.2, -0.15) is 0 Å². The lowest BCUT2D eigenvalue weighted by Gasteiger charge is -2.25. The van der Waals surface area contributed by atoms with Crippen molar-refractivity contribution in [1.82, 2.24) is 0 Å². The monoisotopic (exact) mass is 274 g/mol. The second-order valence-electron chi connectivity index (χ2n) is 4.30. The van der Waals surface area contributed by atoms with Crippen LogP contribution in [0.3, 0.4) is 0 Å². The van der Waals surface area contributed by atoms with Gasteiger partial charge in [0.1, 0.15) is 12.4 Å². The van der Waals surface area contributed by atoms with Crippen LogP contribution in [-0.2, 0) is 0 Å². The number of hydrogen-bond acceptors (Lipinski definition) is 4. The average Bonchev–Trinajstić information content (AvgIpc) is 2.46. The molecule has 1 aliphatic heterocycles. The summed E-state index contributed by atoms with van der Waals surface area (Å²) in [6.07, 6.45) is 0. The zero-order valence-electron chi connectivity index (χ0n) is 10.5. The molecule has 98 valence electrons. The maximum atomic E-state index is 9.84. The summed E-state index contributed by atoms with van der Waals surface area (Å²) in [5.41, 5.74) is 1.04. The minimum atomic E-state index is 0.166. The lowest BCUT2D eigenvalue weighted by Crippen LogP contribution is -2.12. The van der Waals surface area contributed by atoms with Crippen LogP contribution in [0.25, 0.3) is 0 Å². The van der Waals surface area contributed by atoms with Gasteiger partial charge in [0.15, 0.2) is 11.5 Å². The minimum Gasteiger partial charge on any atom is -0.504 e. The highest BCUT2D eigenvalue weighted by atomic mass is 32.2. The fourth-order valence-corrected chi connectivity index (χ4v) is 3.22. The van der Waals surface area contributed by atoms with E-state index in [4.69, 9.17) is 9.47 Å². The number of phenols is 1. The fraction of sp³-hybridized carbons (Fsp3) is 0.200. The van der Waals surface area contributed by atoms with E-state index in [2.05, 4.69) is 6.07 Å². The van der Waals surface area contributed by atoms with Gasteiger partial charge >= 0.3 is 0 Å². The molecule has 1 atom stereocenters. The number of fused-ring (bicyclic) bond motifs is 1. The summed E-state index contributed by atoms with van der Waals surface area (Å²) < 4.78 is 10.8. The van der Waals surface area contributed by atoms with Gasteiger partial charge < -0.3 is 14.6 Å². The van der Waals surface area contributed by atoms with E-state index in [9.17, 15) is 5.11 Å². The number of phenolic OH excluding ortho intramolecular Hbond substituents is 1. The Kier molecular flexibility index (Phi) is 3.25. The molecule has 2 aromatic rings. The Morgan fingerprint density at radius 3 is 2.89 bits per heavy atom. The molecule has 0 bridgehead atoms. The Labute approximate surface area is 116 Å². The van der Waals surface area contributed by atoms with Gasteiger partial charge in [0.2, 0.25) is 0 Å². The first-order chi connectivity index (χ1) is 9.28. The SMILES string of the molecule is COc1ccc(C2COc3ccccc3S2)cc1O. The van der Waals surface area contributed by atoms with Gasteiger partial charge in [0.25, 0.3) is 0 Å². The molecule has 1 unspecified atom stereocenters. The standard InChI is InChI=1S/C15H14O3S/c1-17-12-7-6-10(8-11(12)16)15-9-18-13-4-2-3-5-14(13)19-15/h2-8,15-16H,9H2,1H3. The summed E-state index contributed by atoms with van der Waals surface area (Å²) in [5, 5.41) is 10.0. The molecule has 0 radical (unpaired) electrons. The number of para-hydroxylation sites is 1. The lowest BCUT2D eigenvalue weighted by molar-refractivity contribution is 0.303. The summed E-state index contributed by atoms with van der Waals surface area (Å²) in [6.45, 7) is 0.605. The molecule has 3 rings (SSSR count). The van der Waals surface area contributed by atoms with E-state index >= 15 is 0 Å². The molecule has 1 aliphatic rings. The van der Waals surface area contributed by atoms with Gasteiger partial charge in [-0.25, -0.2) is 0 Å². The largest absolute Gasteiger partial charge is 0.504 e. The Morgan fingerprint density at radius 2 is 2.11 bits per heavy atom. The summed E-state index contributed by atoms with van der Waals surface area (Å²) in [7, 11) is 1.55. The molecular weight excluding hydrogens is 260 g/mol. The quantitative estimate of drug-likeness (QED) is 0.907.